The largest absolute Gasteiger partial charge is 0.465 e. The molecule has 0 amide bonds. The molecule has 2 heterocycles. The molecule has 0 radical (unpaired) electrons. The van der Waals surface area contributed by atoms with E-state index in [0.29, 0.717) is 0 Å². The van der Waals surface area contributed by atoms with Gasteiger partial charge in [0, 0.05) is 32.0 Å². The van der Waals surface area contributed by atoms with Gasteiger partial charge in [0.05, 0.1) is 12.7 Å². The number of rotatable bonds is 6. The maximum atomic E-state index is 12.4. The fourth-order valence-electron chi connectivity index (χ4n) is 3.42. The number of nitrogens with zero attached hydrogens (tertiary/aromatic N) is 1. The van der Waals surface area contributed by atoms with Gasteiger partial charge in [0.15, 0.2) is 0 Å². The van der Waals surface area contributed by atoms with E-state index in [0.717, 1.165) is 10.8 Å². The first-order valence-electron chi connectivity index (χ1n) is 10.6. The van der Waals surface area contributed by atoms with Crippen LogP contribution in [0.1, 0.15) is 52.8 Å². The van der Waals surface area contributed by atoms with E-state index in [4.69, 9.17) is 14.2 Å². The van der Waals surface area contributed by atoms with Crippen LogP contribution in [-0.4, -0.2) is 59.2 Å². The van der Waals surface area contributed by atoms with Crippen LogP contribution in [-0.2, 0) is 28.5 Å². The first-order valence-corrected chi connectivity index (χ1v) is 10.6. The summed E-state index contributed by atoms with van der Waals surface area (Å²) in [7, 11) is 1.23. The molecule has 3 atom stereocenters. The van der Waals surface area contributed by atoms with Gasteiger partial charge in [-0.25, -0.2) is 9.59 Å². The van der Waals surface area contributed by atoms with Crippen molar-refractivity contribution in [3.8, 4) is 11.8 Å². The number of esters is 3. The first-order chi connectivity index (χ1) is 17.1. The summed E-state index contributed by atoms with van der Waals surface area (Å²) in [5.41, 5.74) is -1.39. The molecule has 188 valence electrons. The van der Waals surface area contributed by atoms with Crippen molar-refractivity contribution in [2.45, 2.75) is 38.7 Å². The Kier molecular flexibility index (Phi) is 8.18. The number of Topliss-reactive ketones (excluding diaryl/α,β-unsaturated/α-hetero) is 1. The van der Waals surface area contributed by atoms with E-state index < -0.39 is 53.4 Å². The number of aromatic amines is 1. The average molecular weight is 498 g/mol. The van der Waals surface area contributed by atoms with Crippen LogP contribution in [0.3, 0.4) is 0 Å². The van der Waals surface area contributed by atoms with Gasteiger partial charge in [-0.2, -0.15) is 0 Å². The van der Waals surface area contributed by atoms with Gasteiger partial charge in [-0.15, -0.1) is 0 Å². The molecule has 36 heavy (non-hydrogen) atoms. The molecule has 1 fully saturated rings. The molecule has 0 saturated carbocycles. The Hall–Kier alpha value is -4.50. The standard InChI is InChI=1S/C24H22N2O10/c1-13(27)34-12-20-19(35-14(2)28)10-21(36-20)26-11-17(22(30)25-24(26)32)8-9-18(29)15-4-6-16(7-5-15)23(31)33-3/h4-7,11,19-21H,10,12H2,1-3H3,(H,25,30,32)/t19-,20+,21+/m0/s1. The lowest BCUT2D eigenvalue weighted by molar-refractivity contribution is -0.155. The Morgan fingerprint density at radius 3 is 2.36 bits per heavy atom. The van der Waals surface area contributed by atoms with Crippen LogP contribution in [0.4, 0.5) is 0 Å². The molecule has 0 aliphatic carbocycles. The van der Waals surface area contributed by atoms with E-state index in [1.807, 2.05) is 0 Å². The highest BCUT2D eigenvalue weighted by Crippen LogP contribution is 2.30. The molecule has 1 aliphatic rings. The fourth-order valence-corrected chi connectivity index (χ4v) is 3.42. The van der Waals surface area contributed by atoms with Crippen LogP contribution >= 0.6 is 0 Å². The highest BCUT2D eigenvalue weighted by Gasteiger charge is 2.39. The number of methoxy groups -OCH3 is 1. The molecule has 1 aliphatic heterocycles. The first kappa shape index (κ1) is 26.1. The summed E-state index contributed by atoms with van der Waals surface area (Å²) >= 11 is 0. The van der Waals surface area contributed by atoms with Crippen LogP contribution in [0.5, 0.6) is 0 Å². The molecular weight excluding hydrogens is 476 g/mol. The van der Waals surface area contributed by atoms with Crippen molar-refractivity contribution < 1.29 is 38.1 Å². The summed E-state index contributed by atoms with van der Waals surface area (Å²) in [6, 6.07) is 5.58. The predicted octanol–water partition coefficient (Wildman–Crippen LogP) is 0.340. The molecule has 1 aromatic carbocycles. The van der Waals surface area contributed by atoms with Crippen LogP contribution < -0.4 is 11.2 Å². The molecule has 12 heteroatoms. The molecule has 3 rings (SSSR count). The molecular formula is C24H22N2O10. The van der Waals surface area contributed by atoms with Crippen molar-refractivity contribution in [3.05, 3.63) is 68.0 Å². The third-order valence-corrected chi connectivity index (χ3v) is 5.11. The van der Waals surface area contributed by atoms with Crippen molar-refractivity contribution in [1.82, 2.24) is 9.55 Å². The summed E-state index contributed by atoms with van der Waals surface area (Å²) in [5.74, 6) is 2.43. The van der Waals surface area contributed by atoms with Gasteiger partial charge in [0.25, 0.3) is 5.56 Å². The highest BCUT2D eigenvalue weighted by atomic mass is 16.6. The number of aromatic nitrogens is 2. The minimum absolute atomic E-state index is 0.0375. The zero-order valence-corrected chi connectivity index (χ0v) is 19.6. The second kappa shape index (κ2) is 11.3. The van der Waals surface area contributed by atoms with Gasteiger partial charge in [-0.05, 0) is 30.2 Å². The SMILES string of the molecule is COC(=O)c1ccc(C(=O)C#Cc2cn([C@H]3C[C@H](OC(C)=O)[C@@H](COC(C)=O)O3)c(=O)[nH]c2=O)cc1. The molecule has 2 aromatic rings. The van der Waals surface area contributed by atoms with E-state index in [1.165, 1.54) is 45.2 Å². The number of ketones is 1. The smallest absolute Gasteiger partial charge is 0.337 e. The molecule has 12 nitrogen and oxygen atoms in total. The Morgan fingerprint density at radius 2 is 1.75 bits per heavy atom. The lowest BCUT2D eigenvalue weighted by atomic mass is 10.1. The summed E-state index contributed by atoms with van der Waals surface area (Å²) in [4.78, 5) is 73.3. The lowest BCUT2D eigenvalue weighted by Crippen LogP contribution is -2.34. The van der Waals surface area contributed by atoms with Crippen LogP contribution in [0.2, 0.25) is 0 Å². The van der Waals surface area contributed by atoms with Crippen LogP contribution in [0.15, 0.2) is 40.1 Å². The summed E-state index contributed by atoms with van der Waals surface area (Å²) in [6.07, 6.45) is -1.46. The number of benzene rings is 1. The molecule has 1 N–H and O–H groups in total. The molecule has 0 unspecified atom stereocenters. The number of nitrogens with one attached hydrogen (secondary N) is 1. The maximum Gasteiger partial charge on any atom is 0.337 e. The number of carbonyl (C=O) groups excluding carboxylic acids is 4. The lowest BCUT2D eigenvalue weighted by Gasteiger charge is -2.17. The van der Waals surface area contributed by atoms with E-state index in [-0.39, 0.29) is 29.7 Å². The minimum atomic E-state index is -0.971. The third-order valence-electron chi connectivity index (χ3n) is 5.11. The minimum Gasteiger partial charge on any atom is -0.465 e. The number of H-pyrrole nitrogens is 1. The highest BCUT2D eigenvalue weighted by molar-refractivity contribution is 6.09. The van der Waals surface area contributed by atoms with E-state index in [1.54, 1.807) is 0 Å². The van der Waals surface area contributed by atoms with Gasteiger partial charge >= 0.3 is 23.6 Å². The fraction of sp³-hybridized carbons (Fsp3) is 0.333. The topological polar surface area (TPSA) is 160 Å². The quantitative estimate of drug-likeness (QED) is 0.255. The van der Waals surface area contributed by atoms with Gasteiger partial charge in [0.2, 0.25) is 5.78 Å². The number of ether oxygens (including phenoxy) is 4. The Balaban J connectivity index is 1.84. The van der Waals surface area contributed by atoms with E-state index >= 15 is 0 Å². The van der Waals surface area contributed by atoms with Gasteiger partial charge in [-0.3, -0.25) is 28.7 Å². The number of hydrogen-bond acceptors (Lipinski definition) is 10. The van der Waals surface area contributed by atoms with Crippen molar-refractivity contribution in [1.29, 1.82) is 0 Å². The number of hydrogen-bond donors (Lipinski definition) is 1. The Bertz CT molecular complexity index is 1360. The zero-order chi connectivity index (χ0) is 26.4. The third kappa shape index (κ3) is 6.34. The van der Waals surface area contributed by atoms with Crippen molar-refractivity contribution >= 4 is 23.7 Å². The predicted molar refractivity (Wildman–Crippen MR) is 121 cm³/mol. The second-order valence-corrected chi connectivity index (χ2v) is 7.67. The van der Waals surface area contributed by atoms with Crippen LogP contribution in [0.25, 0.3) is 0 Å². The van der Waals surface area contributed by atoms with Crippen molar-refractivity contribution in [2.75, 3.05) is 13.7 Å². The van der Waals surface area contributed by atoms with E-state index in [2.05, 4.69) is 21.6 Å². The maximum absolute atomic E-state index is 12.4. The second-order valence-electron chi connectivity index (χ2n) is 7.67. The summed E-state index contributed by atoms with van der Waals surface area (Å²) < 4.78 is 21.6. The van der Waals surface area contributed by atoms with Gasteiger partial charge in [-0.1, -0.05) is 5.92 Å². The molecule has 0 bridgehead atoms. The van der Waals surface area contributed by atoms with Crippen molar-refractivity contribution in [2.24, 2.45) is 0 Å². The Labute approximate surface area is 204 Å². The van der Waals surface area contributed by atoms with Crippen LogP contribution in [0, 0.1) is 11.8 Å². The monoisotopic (exact) mass is 498 g/mol. The zero-order valence-electron chi connectivity index (χ0n) is 19.6. The van der Waals surface area contributed by atoms with Gasteiger partial charge in [0.1, 0.15) is 30.6 Å². The molecule has 1 aromatic heterocycles. The van der Waals surface area contributed by atoms with E-state index in [9.17, 15) is 28.8 Å². The van der Waals surface area contributed by atoms with Gasteiger partial charge < -0.3 is 18.9 Å². The number of carbonyl (C=O) groups is 4. The Morgan fingerprint density at radius 1 is 1.08 bits per heavy atom. The summed E-state index contributed by atoms with van der Waals surface area (Å²) in [5, 5.41) is 0. The average Bonchev–Trinajstić information content (AvgIpc) is 3.23. The normalized spacial score (nSPS) is 18.5. The molecule has 1 saturated heterocycles. The summed E-state index contributed by atoms with van der Waals surface area (Å²) in [6.45, 7) is 2.20. The molecule has 0 spiro atoms. The van der Waals surface area contributed by atoms with Crippen molar-refractivity contribution in [3.63, 3.8) is 0 Å².